The van der Waals surface area contributed by atoms with Crippen molar-refractivity contribution >= 4 is 0 Å². The van der Waals surface area contributed by atoms with E-state index in [0.717, 1.165) is 13.1 Å². The highest BCUT2D eigenvalue weighted by Crippen LogP contribution is 2.17. The fraction of sp³-hybridized carbons (Fsp3) is 1.00. The summed E-state index contributed by atoms with van der Waals surface area (Å²) in [5, 5.41) is 3.51. The lowest BCUT2D eigenvalue weighted by Gasteiger charge is -2.16. The summed E-state index contributed by atoms with van der Waals surface area (Å²) >= 11 is 0. The normalized spacial score (nSPS) is 32.6. The molecular formula is C12H24N2O. The average molecular weight is 212 g/mol. The molecule has 0 radical (unpaired) electrons. The van der Waals surface area contributed by atoms with Gasteiger partial charge in [-0.3, -0.25) is 0 Å². The quantitative estimate of drug-likeness (QED) is 0.694. The summed E-state index contributed by atoms with van der Waals surface area (Å²) in [6.45, 7) is 8.15. The zero-order valence-electron chi connectivity index (χ0n) is 9.87. The van der Waals surface area contributed by atoms with E-state index in [1.165, 1.54) is 45.3 Å². The molecule has 2 heterocycles. The highest BCUT2D eigenvalue weighted by atomic mass is 16.5. The Balaban J connectivity index is 1.48. The van der Waals surface area contributed by atoms with Gasteiger partial charge < -0.3 is 15.0 Å². The highest BCUT2D eigenvalue weighted by molar-refractivity contribution is 4.73. The van der Waals surface area contributed by atoms with Gasteiger partial charge in [0.15, 0.2) is 0 Å². The monoisotopic (exact) mass is 212 g/mol. The van der Waals surface area contributed by atoms with E-state index in [0.29, 0.717) is 12.2 Å². The minimum Gasteiger partial charge on any atom is -0.374 e. The van der Waals surface area contributed by atoms with Gasteiger partial charge in [0.2, 0.25) is 0 Å². The molecule has 0 spiro atoms. The maximum Gasteiger partial charge on any atom is 0.0704 e. The number of nitrogens with zero attached hydrogens (tertiary/aromatic N) is 1. The molecule has 2 aliphatic rings. The highest BCUT2D eigenvalue weighted by Gasteiger charge is 2.21. The third kappa shape index (κ3) is 3.74. The molecule has 0 saturated carbocycles. The van der Waals surface area contributed by atoms with Gasteiger partial charge in [0, 0.05) is 19.6 Å². The summed E-state index contributed by atoms with van der Waals surface area (Å²) in [6.07, 6.45) is 6.21. The smallest absolute Gasteiger partial charge is 0.0704 e. The van der Waals surface area contributed by atoms with Gasteiger partial charge in [-0.15, -0.1) is 0 Å². The van der Waals surface area contributed by atoms with E-state index < -0.39 is 0 Å². The lowest BCUT2D eigenvalue weighted by Crippen LogP contribution is -2.34. The Labute approximate surface area is 93.2 Å². The first kappa shape index (κ1) is 11.4. The number of hydrogen-bond acceptors (Lipinski definition) is 3. The number of rotatable bonds is 5. The van der Waals surface area contributed by atoms with Crippen LogP contribution in [0.4, 0.5) is 0 Å². The van der Waals surface area contributed by atoms with Crippen LogP contribution in [-0.4, -0.2) is 49.8 Å². The van der Waals surface area contributed by atoms with Gasteiger partial charge in [-0.1, -0.05) is 0 Å². The molecule has 0 bridgehead atoms. The predicted octanol–water partition coefficient (Wildman–Crippen LogP) is 1.24. The van der Waals surface area contributed by atoms with Crippen molar-refractivity contribution in [3.63, 3.8) is 0 Å². The minimum absolute atomic E-state index is 0.471. The van der Waals surface area contributed by atoms with E-state index in [-0.39, 0.29) is 0 Å². The molecule has 1 N–H and O–H groups in total. The Morgan fingerprint density at radius 1 is 1.27 bits per heavy atom. The van der Waals surface area contributed by atoms with Gasteiger partial charge >= 0.3 is 0 Å². The zero-order valence-corrected chi connectivity index (χ0v) is 9.87. The van der Waals surface area contributed by atoms with E-state index in [1.807, 2.05) is 0 Å². The fourth-order valence-electron chi connectivity index (χ4n) is 2.54. The molecule has 0 aromatic rings. The van der Waals surface area contributed by atoms with Crippen molar-refractivity contribution in [2.75, 3.05) is 32.7 Å². The van der Waals surface area contributed by atoms with Crippen molar-refractivity contribution < 1.29 is 4.74 Å². The maximum absolute atomic E-state index is 5.76. The van der Waals surface area contributed by atoms with Crippen LogP contribution < -0.4 is 5.32 Å². The van der Waals surface area contributed by atoms with Crippen molar-refractivity contribution in [3.8, 4) is 0 Å². The van der Waals surface area contributed by atoms with Gasteiger partial charge in [-0.25, -0.2) is 0 Å². The lowest BCUT2D eigenvalue weighted by atomic mass is 10.2. The first-order chi connectivity index (χ1) is 7.34. The summed E-state index contributed by atoms with van der Waals surface area (Å²) < 4.78 is 5.76. The fourth-order valence-corrected chi connectivity index (χ4v) is 2.54. The molecule has 0 amide bonds. The van der Waals surface area contributed by atoms with Crippen molar-refractivity contribution in [2.45, 2.75) is 44.8 Å². The Morgan fingerprint density at radius 3 is 2.73 bits per heavy atom. The van der Waals surface area contributed by atoms with Gasteiger partial charge in [0.1, 0.15) is 0 Å². The first-order valence-electron chi connectivity index (χ1n) is 6.43. The van der Waals surface area contributed by atoms with Crippen LogP contribution >= 0.6 is 0 Å². The molecule has 2 atom stereocenters. The summed E-state index contributed by atoms with van der Waals surface area (Å²) in [7, 11) is 0. The van der Waals surface area contributed by atoms with Crippen LogP contribution in [0.1, 0.15) is 32.6 Å². The first-order valence-corrected chi connectivity index (χ1v) is 6.43. The van der Waals surface area contributed by atoms with E-state index in [1.54, 1.807) is 0 Å². The van der Waals surface area contributed by atoms with Gasteiger partial charge in [0.25, 0.3) is 0 Å². The molecule has 0 aliphatic carbocycles. The molecule has 15 heavy (non-hydrogen) atoms. The Bertz CT molecular complexity index is 180. The molecule has 88 valence electrons. The molecular weight excluding hydrogens is 188 g/mol. The van der Waals surface area contributed by atoms with Crippen molar-refractivity contribution in [3.05, 3.63) is 0 Å². The Kier molecular flexibility index (Phi) is 4.42. The summed E-state index contributed by atoms with van der Waals surface area (Å²) in [6, 6.07) is 0. The largest absolute Gasteiger partial charge is 0.374 e. The Morgan fingerprint density at radius 2 is 2.07 bits per heavy atom. The Hall–Kier alpha value is -0.120. The predicted molar refractivity (Wildman–Crippen MR) is 62.1 cm³/mol. The third-order valence-electron chi connectivity index (χ3n) is 3.50. The average Bonchev–Trinajstić information content (AvgIpc) is 2.84. The van der Waals surface area contributed by atoms with Crippen molar-refractivity contribution in [1.29, 1.82) is 0 Å². The van der Waals surface area contributed by atoms with Crippen molar-refractivity contribution in [1.82, 2.24) is 10.2 Å². The topological polar surface area (TPSA) is 24.5 Å². The number of ether oxygens (including phenoxy) is 1. The van der Waals surface area contributed by atoms with Crippen LogP contribution in [0.25, 0.3) is 0 Å². The summed E-state index contributed by atoms with van der Waals surface area (Å²) in [5.41, 5.74) is 0. The molecule has 3 nitrogen and oxygen atoms in total. The van der Waals surface area contributed by atoms with Crippen molar-refractivity contribution in [2.24, 2.45) is 0 Å². The van der Waals surface area contributed by atoms with Gasteiger partial charge in [0.05, 0.1) is 12.2 Å². The van der Waals surface area contributed by atoms with E-state index >= 15 is 0 Å². The molecule has 2 saturated heterocycles. The molecule has 0 aromatic carbocycles. The molecule has 2 unspecified atom stereocenters. The molecule has 2 aliphatic heterocycles. The minimum atomic E-state index is 0.471. The molecule has 3 heteroatoms. The maximum atomic E-state index is 5.76. The molecule has 2 rings (SSSR count). The number of hydrogen-bond donors (Lipinski definition) is 1. The summed E-state index contributed by atoms with van der Waals surface area (Å²) in [4.78, 5) is 2.55. The molecule has 2 fully saturated rings. The lowest BCUT2D eigenvalue weighted by molar-refractivity contribution is 0.0558. The zero-order chi connectivity index (χ0) is 10.5. The SMILES string of the molecule is CC1CCC(CNCCN2CCCC2)O1. The van der Waals surface area contributed by atoms with Crippen LogP contribution in [-0.2, 0) is 4.74 Å². The number of nitrogens with one attached hydrogen (secondary N) is 1. The van der Waals surface area contributed by atoms with Crippen LogP contribution in [0, 0.1) is 0 Å². The van der Waals surface area contributed by atoms with Crippen LogP contribution in [0.2, 0.25) is 0 Å². The van der Waals surface area contributed by atoms with Crippen LogP contribution in [0.3, 0.4) is 0 Å². The van der Waals surface area contributed by atoms with E-state index in [2.05, 4.69) is 17.1 Å². The van der Waals surface area contributed by atoms with Gasteiger partial charge in [-0.2, -0.15) is 0 Å². The summed E-state index contributed by atoms with van der Waals surface area (Å²) in [5.74, 6) is 0. The molecule has 0 aromatic heterocycles. The second-order valence-electron chi connectivity index (χ2n) is 4.90. The standard InChI is InChI=1S/C12H24N2O/c1-11-4-5-12(15-11)10-13-6-9-14-7-2-3-8-14/h11-13H,2-10H2,1H3. The van der Waals surface area contributed by atoms with Crippen LogP contribution in [0.5, 0.6) is 0 Å². The van der Waals surface area contributed by atoms with E-state index in [4.69, 9.17) is 4.74 Å². The number of likely N-dealkylation sites (tertiary alicyclic amines) is 1. The second kappa shape index (κ2) is 5.83. The van der Waals surface area contributed by atoms with Gasteiger partial charge in [-0.05, 0) is 45.7 Å². The third-order valence-corrected chi connectivity index (χ3v) is 3.50. The second-order valence-corrected chi connectivity index (χ2v) is 4.90. The van der Waals surface area contributed by atoms with Crippen LogP contribution in [0.15, 0.2) is 0 Å². The van der Waals surface area contributed by atoms with E-state index in [9.17, 15) is 0 Å².